The minimum atomic E-state index is 0.124. The van der Waals surface area contributed by atoms with Crippen LogP contribution in [0.4, 0.5) is 0 Å². The van der Waals surface area contributed by atoms with E-state index in [0.29, 0.717) is 11.9 Å². The van der Waals surface area contributed by atoms with Crippen LogP contribution in [-0.4, -0.2) is 23.9 Å². The lowest BCUT2D eigenvalue weighted by atomic mass is 10.1. The Morgan fingerprint density at radius 3 is 2.58 bits per heavy atom. The highest BCUT2D eigenvalue weighted by Crippen LogP contribution is 2.22. The van der Waals surface area contributed by atoms with Crippen LogP contribution in [0.3, 0.4) is 0 Å². The molecule has 1 aromatic carbocycles. The summed E-state index contributed by atoms with van der Waals surface area (Å²) in [6.45, 7) is 0. The first-order valence-electron chi connectivity index (χ1n) is 7.14. The fourth-order valence-electron chi connectivity index (χ4n) is 2.80. The van der Waals surface area contributed by atoms with Crippen LogP contribution in [0.5, 0.6) is 0 Å². The summed E-state index contributed by atoms with van der Waals surface area (Å²) in [7, 11) is 1.94. The van der Waals surface area contributed by atoms with Gasteiger partial charge in [-0.15, -0.1) is 11.6 Å². The van der Waals surface area contributed by atoms with Gasteiger partial charge in [0.05, 0.1) is 0 Å². The first-order chi connectivity index (χ1) is 9.22. The summed E-state index contributed by atoms with van der Waals surface area (Å²) in [6, 6.07) is 8.05. The standard InChI is InChI=1S/C16H22ClNO/c1-18(15-9-4-2-3-5-10-15)16(19)14-8-6-7-13(11-14)12-17/h6-8,11,15H,2-5,9-10,12H2,1H3. The van der Waals surface area contributed by atoms with Crippen molar-refractivity contribution in [2.45, 2.75) is 50.4 Å². The molecule has 0 aromatic heterocycles. The Kier molecular flexibility index (Phi) is 5.26. The Labute approximate surface area is 120 Å². The van der Waals surface area contributed by atoms with Crippen molar-refractivity contribution >= 4 is 17.5 Å². The second kappa shape index (κ2) is 6.95. The second-order valence-corrected chi connectivity index (χ2v) is 5.66. The molecule has 2 rings (SSSR count). The first-order valence-corrected chi connectivity index (χ1v) is 7.68. The van der Waals surface area contributed by atoms with Crippen LogP contribution in [0.1, 0.15) is 54.4 Å². The molecule has 0 bridgehead atoms. The molecule has 0 radical (unpaired) electrons. The number of carbonyl (C=O) groups excluding carboxylic acids is 1. The summed E-state index contributed by atoms with van der Waals surface area (Å²) in [4.78, 5) is 14.4. The van der Waals surface area contributed by atoms with Crippen LogP contribution in [0.2, 0.25) is 0 Å². The van der Waals surface area contributed by atoms with Gasteiger partial charge in [0, 0.05) is 24.5 Å². The molecule has 3 heteroatoms. The van der Waals surface area contributed by atoms with Crippen molar-refractivity contribution in [3.8, 4) is 0 Å². The van der Waals surface area contributed by atoms with Gasteiger partial charge in [-0.05, 0) is 30.5 Å². The number of hydrogen-bond donors (Lipinski definition) is 0. The number of alkyl halides is 1. The third-order valence-corrected chi connectivity index (χ3v) is 4.33. The van der Waals surface area contributed by atoms with E-state index in [1.165, 1.54) is 25.7 Å². The molecule has 19 heavy (non-hydrogen) atoms. The Hall–Kier alpha value is -1.02. The van der Waals surface area contributed by atoms with Gasteiger partial charge in [0.1, 0.15) is 0 Å². The van der Waals surface area contributed by atoms with E-state index in [1.54, 1.807) is 0 Å². The quantitative estimate of drug-likeness (QED) is 0.599. The lowest BCUT2D eigenvalue weighted by molar-refractivity contribution is 0.0717. The summed E-state index contributed by atoms with van der Waals surface area (Å²) in [6.07, 6.45) is 7.36. The monoisotopic (exact) mass is 279 g/mol. The summed E-state index contributed by atoms with van der Waals surface area (Å²) >= 11 is 5.83. The molecule has 2 nitrogen and oxygen atoms in total. The van der Waals surface area contributed by atoms with Gasteiger partial charge in [-0.1, -0.05) is 37.8 Å². The Balaban J connectivity index is 2.08. The molecule has 1 aliphatic rings. The maximum absolute atomic E-state index is 12.5. The van der Waals surface area contributed by atoms with E-state index in [2.05, 4.69) is 0 Å². The Bertz CT molecular complexity index is 425. The van der Waals surface area contributed by atoms with Crippen LogP contribution < -0.4 is 0 Å². The average Bonchev–Trinajstić information content (AvgIpc) is 2.75. The molecular weight excluding hydrogens is 258 g/mol. The van der Waals surface area contributed by atoms with Crippen LogP contribution in [0, 0.1) is 0 Å². The average molecular weight is 280 g/mol. The molecule has 1 aliphatic carbocycles. The molecule has 0 saturated heterocycles. The van der Waals surface area contributed by atoms with Gasteiger partial charge < -0.3 is 4.90 Å². The van der Waals surface area contributed by atoms with Gasteiger partial charge in [0.15, 0.2) is 0 Å². The molecule has 104 valence electrons. The predicted molar refractivity (Wildman–Crippen MR) is 79.6 cm³/mol. The van der Waals surface area contributed by atoms with E-state index in [4.69, 9.17) is 11.6 Å². The van der Waals surface area contributed by atoms with Gasteiger partial charge in [0.2, 0.25) is 0 Å². The molecule has 0 spiro atoms. The van der Waals surface area contributed by atoms with Gasteiger partial charge in [0.25, 0.3) is 5.91 Å². The lowest BCUT2D eigenvalue weighted by Gasteiger charge is -2.27. The zero-order valence-electron chi connectivity index (χ0n) is 11.6. The van der Waals surface area contributed by atoms with E-state index in [9.17, 15) is 4.79 Å². The fourth-order valence-corrected chi connectivity index (χ4v) is 2.97. The van der Waals surface area contributed by atoms with Crippen LogP contribution >= 0.6 is 11.6 Å². The zero-order valence-corrected chi connectivity index (χ0v) is 12.3. The summed E-state index contributed by atoms with van der Waals surface area (Å²) in [5.41, 5.74) is 1.76. The zero-order chi connectivity index (χ0) is 13.7. The van der Waals surface area contributed by atoms with Crippen LogP contribution in [0.25, 0.3) is 0 Å². The first kappa shape index (κ1) is 14.4. The largest absolute Gasteiger partial charge is 0.339 e. The molecule has 0 aliphatic heterocycles. The highest BCUT2D eigenvalue weighted by molar-refractivity contribution is 6.17. The van der Waals surface area contributed by atoms with Crippen LogP contribution in [0.15, 0.2) is 24.3 Å². The minimum Gasteiger partial charge on any atom is -0.339 e. The highest BCUT2D eigenvalue weighted by atomic mass is 35.5. The Morgan fingerprint density at radius 1 is 1.26 bits per heavy atom. The maximum atomic E-state index is 12.5. The van der Waals surface area contributed by atoms with E-state index >= 15 is 0 Å². The van der Waals surface area contributed by atoms with Crippen molar-refractivity contribution in [3.63, 3.8) is 0 Å². The van der Waals surface area contributed by atoms with Gasteiger partial charge in [-0.25, -0.2) is 0 Å². The minimum absolute atomic E-state index is 0.124. The third-order valence-electron chi connectivity index (χ3n) is 4.02. The Morgan fingerprint density at radius 2 is 1.95 bits per heavy atom. The highest BCUT2D eigenvalue weighted by Gasteiger charge is 2.22. The number of benzene rings is 1. The molecule has 0 heterocycles. The molecule has 0 unspecified atom stereocenters. The number of carbonyl (C=O) groups is 1. The second-order valence-electron chi connectivity index (χ2n) is 5.40. The van der Waals surface area contributed by atoms with Gasteiger partial charge >= 0.3 is 0 Å². The smallest absolute Gasteiger partial charge is 0.253 e. The van der Waals surface area contributed by atoms with Gasteiger partial charge in [-0.2, -0.15) is 0 Å². The topological polar surface area (TPSA) is 20.3 Å². The number of hydrogen-bond acceptors (Lipinski definition) is 1. The van der Waals surface area contributed by atoms with Crippen molar-refractivity contribution in [3.05, 3.63) is 35.4 Å². The third kappa shape index (κ3) is 3.73. The lowest BCUT2D eigenvalue weighted by Crippen LogP contribution is -2.36. The van der Waals surface area contributed by atoms with E-state index < -0.39 is 0 Å². The molecule has 0 N–H and O–H groups in total. The molecule has 0 atom stereocenters. The number of amides is 1. The molecule has 1 amide bonds. The summed E-state index contributed by atoms with van der Waals surface area (Å²) in [5, 5.41) is 0. The summed E-state index contributed by atoms with van der Waals surface area (Å²) in [5.74, 6) is 0.577. The molecule has 1 saturated carbocycles. The SMILES string of the molecule is CN(C(=O)c1cccc(CCl)c1)C1CCCCCC1. The van der Waals surface area contributed by atoms with E-state index in [1.807, 2.05) is 36.2 Å². The van der Waals surface area contributed by atoms with Crippen molar-refractivity contribution in [1.29, 1.82) is 0 Å². The molecule has 1 aromatic rings. The molecular formula is C16H22ClNO. The van der Waals surface area contributed by atoms with E-state index in [0.717, 1.165) is 24.0 Å². The summed E-state index contributed by atoms with van der Waals surface area (Å²) < 4.78 is 0. The molecule has 1 fully saturated rings. The van der Waals surface area contributed by atoms with E-state index in [-0.39, 0.29) is 5.91 Å². The number of nitrogens with zero attached hydrogens (tertiary/aromatic N) is 1. The predicted octanol–water partition coefficient (Wildman–Crippen LogP) is 4.22. The fraction of sp³-hybridized carbons (Fsp3) is 0.562. The van der Waals surface area contributed by atoms with Crippen LogP contribution in [-0.2, 0) is 5.88 Å². The number of halogens is 1. The van der Waals surface area contributed by atoms with Crippen molar-refractivity contribution < 1.29 is 4.79 Å². The van der Waals surface area contributed by atoms with Crippen molar-refractivity contribution in [2.75, 3.05) is 7.05 Å². The van der Waals surface area contributed by atoms with Gasteiger partial charge in [-0.3, -0.25) is 4.79 Å². The normalized spacial score (nSPS) is 16.9. The number of rotatable bonds is 3. The van der Waals surface area contributed by atoms with Crippen molar-refractivity contribution in [1.82, 2.24) is 4.90 Å². The maximum Gasteiger partial charge on any atom is 0.253 e. The van der Waals surface area contributed by atoms with Crippen molar-refractivity contribution in [2.24, 2.45) is 0 Å².